The van der Waals surface area contributed by atoms with Crippen molar-refractivity contribution in [1.29, 1.82) is 0 Å². The fourth-order valence-corrected chi connectivity index (χ4v) is 3.37. The molecule has 0 bridgehead atoms. The molecule has 4 rings (SSSR count). The van der Waals surface area contributed by atoms with Crippen LogP contribution in [-0.2, 0) is 0 Å². The number of hydrogen-bond donors (Lipinski definition) is 0. The van der Waals surface area contributed by atoms with Crippen LogP contribution in [0.3, 0.4) is 0 Å². The van der Waals surface area contributed by atoms with Gasteiger partial charge in [0.25, 0.3) is 0 Å². The SMILES string of the molecule is Fc1ccccc1-c1nc(N2CCCCC2)c2cc(Cl)ccc2n1. The van der Waals surface area contributed by atoms with E-state index in [1.54, 1.807) is 18.2 Å². The van der Waals surface area contributed by atoms with E-state index in [2.05, 4.69) is 9.88 Å². The van der Waals surface area contributed by atoms with Crippen LogP contribution in [0.1, 0.15) is 19.3 Å². The number of piperidine rings is 1. The van der Waals surface area contributed by atoms with E-state index < -0.39 is 0 Å². The van der Waals surface area contributed by atoms with Crippen LogP contribution in [0.25, 0.3) is 22.3 Å². The topological polar surface area (TPSA) is 29.0 Å². The Balaban J connectivity index is 1.93. The van der Waals surface area contributed by atoms with Crippen LogP contribution in [0.2, 0.25) is 5.02 Å². The van der Waals surface area contributed by atoms with E-state index in [1.807, 2.05) is 18.2 Å². The van der Waals surface area contributed by atoms with Crippen LogP contribution < -0.4 is 4.90 Å². The lowest BCUT2D eigenvalue weighted by Gasteiger charge is -2.29. The normalized spacial score (nSPS) is 15.0. The summed E-state index contributed by atoms with van der Waals surface area (Å²) < 4.78 is 14.2. The number of aromatic nitrogens is 2. The van der Waals surface area contributed by atoms with Crippen LogP contribution >= 0.6 is 11.6 Å². The van der Waals surface area contributed by atoms with E-state index in [0.29, 0.717) is 16.4 Å². The first-order valence-electron chi connectivity index (χ1n) is 8.19. The number of fused-ring (bicyclic) bond motifs is 1. The first kappa shape index (κ1) is 15.3. The quantitative estimate of drug-likeness (QED) is 0.651. The van der Waals surface area contributed by atoms with Crippen LogP contribution in [-0.4, -0.2) is 23.1 Å². The predicted octanol–water partition coefficient (Wildman–Crippen LogP) is 5.08. The second kappa shape index (κ2) is 6.36. The lowest BCUT2D eigenvalue weighted by atomic mass is 10.1. The predicted molar refractivity (Wildman–Crippen MR) is 96.0 cm³/mol. The number of anilines is 1. The molecule has 0 N–H and O–H groups in total. The summed E-state index contributed by atoms with van der Waals surface area (Å²) in [5.74, 6) is 0.958. The summed E-state index contributed by atoms with van der Waals surface area (Å²) in [5.41, 5.74) is 1.21. The fraction of sp³-hybridized carbons (Fsp3) is 0.263. The molecule has 1 aliphatic heterocycles. The smallest absolute Gasteiger partial charge is 0.165 e. The van der Waals surface area contributed by atoms with Gasteiger partial charge in [-0.15, -0.1) is 0 Å². The zero-order valence-corrected chi connectivity index (χ0v) is 13.9. The number of benzene rings is 2. The summed E-state index contributed by atoms with van der Waals surface area (Å²) in [7, 11) is 0. The monoisotopic (exact) mass is 341 g/mol. The average Bonchev–Trinajstić information content (AvgIpc) is 2.62. The second-order valence-electron chi connectivity index (χ2n) is 6.06. The molecule has 2 aromatic carbocycles. The molecule has 1 fully saturated rings. The minimum absolute atomic E-state index is 0.310. The van der Waals surface area contributed by atoms with Crippen molar-refractivity contribution < 1.29 is 4.39 Å². The molecule has 1 aliphatic rings. The van der Waals surface area contributed by atoms with Crippen LogP contribution in [0.15, 0.2) is 42.5 Å². The minimum Gasteiger partial charge on any atom is -0.356 e. The van der Waals surface area contributed by atoms with Crippen molar-refractivity contribution in [2.45, 2.75) is 19.3 Å². The van der Waals surface area contributed by atoms with E-state index in [9.17, 15) is 4.39 Å². The molecule has 122 valence electrons. The Morgan fingerprint density at radius 2 is 1.75 bits per heavy atom. The van der Waals surface area contributed by atoms with Crippen molar-refractivity contribution >= 4 is 28.3 Å². The zero-order chi connectivity index (χ0) is 16.5. The van der Waals surface area contributed by atoms with Gasteiger partial charge in [0.05, 0.1) is 11.1 Å². The number of halogens is 2. The van der Waals surface area contributed by atoms with Gasteiger partial charge in [-0.2, -0.15) is 0 Å². The first-order valence-corrected chi connectivity index (χ1v) is 8.57. The molecule has 3 nitrogen and oxygen atoms in total. The second-order valence-corrected chi connectivity index (χ2v) is 6.50. The summed E-state index contributed by atoms with van der Waals surface area (Å²) >= 11 is 6.18. The molecular weight excluding hydrogens is 325 g/mol. The molecule has 1 saturated heterocycles. The fourth-order valence-electron chi connectivity index (χ4n) is 3.19. The van der Waals surface area contributed by atoms with Crippen molar-refractivity contribution in [3.8, 4) is 11.4 Å². The minimum atomic E-state index is -0.310. The lowest BCUT2D eigenvalue weighted by Crippen LogP contribution is -2.30. The summed E-state index contributed by atoms with van der Waals surface area (Å²) in [6.07, 6.45) is 3.52. The Kier molecular flexibility index (Phi) is 4.07. The van der Waals surface area contributed by atoms with Gasteiger partial charge >= 0.3 is 0 Å². The lowest BCUT2D eigenvalue weighted by molar-refractivity contribution is 0.574. The Morgan fingerprint density at radius 1 is 0.958 bits per heavy atom. The van der Waals surface area contributed by atoms with Crippen molar-refractivity contribution in [3.05, 3.63) is 53.3 Å². The molecule has 3 aromatic rings. The average molecular weight is 342 g/mol. The van der Waals surface area contributed by atoms with Gasteiger partial charge in [-0.05, 0) is 49.6 Å². The van der Waals surface area contributed by atoms with E-state index in [-0.39, 0.29) is 5.82 Å². The summed E-state index contributed by atoms with van der Waals surface area (Å²) in [6.45, 7) is 1.91. The first-order chi connectivity index (χ1) is 11.7. The summed E-state index contributed by atoms with van der Waals surface area (Å²) in [6, 6.07) is 12.2. The van der Waals surface area contributed by atoms with Gasteiger partial charge in [0.1, 0.15) is 11.6 Å². The van der Waals surface area contributed by atoms with Crippen LogP contribution in [0.5, 0.6) is 0 Å². The Hall–Kier alpha value is -2.20. The van der Waals surface area contributed by atoms with Gasteiger partial charge in [-0.25, -0.2) is 14.4 Å². The zero-order valence-electron chi connectivity index (χ0n) is 13.2. The Morgan fingerprint density at radius 3 is 2.54 bits per heavy atom. The van der Waals surface area contributed by atoms with Crippen molar-refractivity contribution in [2.24, 2.45) is 0 Å². The van der Waals surface area contributed by atoms with Gasteiger partial charge in [-0.1, -0.05) is 23.7 Å². The molecular formula is C19H17ClFN3. The van der Waals surface area contributed by atoms with Crippen LogP contribution in [0, 0.1) is 5.82 Å². The van der Waals surface area contributed by atoms with Gasteiger partial charge in [0.2, 0.25) is 0 Å². The summed E-state index contributed by atoms with van der Waals surface area (Å²) in [4.78, 5) is 11.5. The van der Waals surface area contributed by atoms with Crippen molar-refractivity contribution in [1.82, 2.24) is 9.97 Å². The molecule has 0 radical (unpaired) electrons. The molecule has 24 heavy (non-hydrogen) atoms. The molecule has 0 saturated carbocycles. The highest BCUT2D eigenvalue weighted by atomic mass is 35.5. The molecule has 1 aromatic heterocycles. The van der Waals surface area contributed by atoms with Crippen molar-refractivity contribution in [3.63, 3.8) is 0 Å². The maximum absolute atomic E-state index is 14.2. The number of rotatable bonds is 2. The third kappa shape index (κ3) is 2.82. The highest BCUT2D eigenvalue weighted by Crippen LogP contribution is 2.31. The Bertz CT molecular complexity index is 891. The standard InChI is InChI=1S/C19H17ClFN3/c20-13-8-9-17-15(12-13)19(24-10-4-1-5-11-24)23-18(22-17)14-6-2-3-7-16(14)21/h2-3,6-9,12H,1,4-5,10-11H2. The van der Waals surface area contributed by atoms with E-state index >= 15 is 0 Å². The highest BCUT2D eigenvalue weighted by Gasteiger charge is 2.19. The van der Waals surface area contributed by atoms with E-state index in [1.165, 1.54) is 12.5 Å². The number of nitrogens with zero attached hydrogens (tertiary/aromatic N) is 3. The maximum atomic E-state index is 14.2. The maximum Gasteiger partial charge on any atom is 0.165 e. The molecule has 2 heterocycles. The third-order valence-corrected chi connectivity index (χ3v) is 4.64. The van der Waals surface area contributed by atoms with E-state index in [4.69, 9.17) is 16.6 Å². The molecule has 0 spiro atoms. The largest absolute Gasteiger partial charge is 0.356 e. The van der Waals surface area contributed by atoms with Gasteiger partial charge in [0, 0.05) is 23.5 Å². The highest BCUT2D eigenvalue weighted by molar-refractivity contribution is 6.31. The molecule has 0 amide bonds. The molecule has 0 unspecified atom stereocenters. The summed E-state index contributed by atoms with van der Waals surface area (Å²) in [5, 5.41) is 1.58. The number of hydrogen-bond acceptors (Lipinski definition) is 3. The van der Waals surface area contributed by atoms with Gasteiger partial charge in [0.15, 0.2) is 5.82 Å². The molecule has 0 atom stereocenters. The van der Waals surface area contributed by atoms with Crippen molar-refractivity contribution in [2.75, 3.05) is 18.0 Å². The molecule has 5 heteroatoms. The van der Waals surface area contributed by atoms with Crippen LogP contribution in [0.4, 0.5) is 10.2 Å². The van der Waals surface area contributed by atoms with E-state index in [0.717, 1.165) is 42.7 Å². The van der Waals surface area contributed by atoms with Gasteiger partial charge < -0.3 is 4.90 Å². The van der Waals surface area contributed by atoms with Gasteiger partial charge in [-0.3, -0.25) is 0 Å². The third-order valence-electron chi connectivity index (χ3n) is 4.41. The molecule has 0 aliphatic carbocycles. The Labute approximate surface area is 145 Å².